The first-order valence-electron chi connectivity index (χ1n) is 13.4. The van der Waals surface area contributed by atoms with E-state index in [0.29, 0.717) is 47.9 Å². The summed E-state index contributed by atoms with van der Waals surface area (Å²) in [6.07, 6.45) is 4.85. The molecular formula is C28H41N5O6Si. The maximum atomic E-state index is 12.8. The number of fused-ring (bicyclic) bond motifs is 4. The molecule has 1 aliphatic heterocycles. The van der Waals surface area contributed by atoms with Gasteiger partial charge in [-0.3, -0.25) is 10.1 Å². The normalized spacial score (nSPS) is 15.7. The third kappa shape index (κ3) is 9.52. The van der Waals surface area contributed by atoms with Crippen molar-refractivity contribution in [3.05, 3.63) is 42.4 Å². The van der Waals surface area contributed by atoms with Crippen molar-refractivity contribution in [2.75, 3.05) is 24.4 Å². The lowest BCUT2D eigenvalue weighted by atomic mass is 10.1. The highest BCUT2D eigenvalue weighted by Crippen LogP contribution is 2.33. The predicted molar refractivity (Wildman–Crippen MR) is 157 cm³/mol. The Hall–Kier alpha value is -3.64. The summed E-state index contributed by atoms with van der Waals surface area (Å²) in [5.41, 5.74) is 1.45. The third-order valence-corrected chi connectivity index (χ3v) is 7.62. The van der Waals surface area contributed by atoms with E-state index in [0.717, 1.165) is 6.04 Å². The van der Waals surface area contributed by atoms with Crippen LogP contribution >= 0.6 is 0 Å². The Labute approximate surface area is 236 Å². The van der Waals surface area contributed by atoms with Crippen LogP contribution < -0.4 is 16.0 Å². The van der Waals surface area contributed by atoms with Crippen molar-refractivity contribution in [3.63, 3.8) is 0 Å². The molecule has 1 aromatic heterocycles. The van der Waals surface area contributed by atoms with Gasteiger partial charge in [-0.15, -0.1) is 0 Å². The monoisotopic (exact) mass is 571 g/mol. The fraction of sp³-hybridized carbons (Fsp3) is 0.500. The van der Waals surface area contributed by atoms with Crippen molar-refractivity contribution >= 4 is 37.5 Å². The second-order valence-corrected chi connectivity index (χ2v) is 17.5. The summed E-state index contributed by atoms with van der Waals surface area (Å²) in [5, 5.41) is 8.46. The minimum atomic E-state index is -1.28. The molecule has 11 nitrogen and oxygen atoms in total. The van der Waals surface area contributed by atoms with Crippen LogP contribution in [0.25, 0.3) is 11.3 Å². The van der Waals surface area contributed by atoms with Gasteiger partial charge >= 0.3 is 12.2 Å². The zero-order valence-electron chi connectivity index (χ0n) is 24.4. The van der Waals surface area contributed by atoms with E-state index in [1.54, 1.807) is 45.0 Å². The molecule has 2 heterocycles. The number of nitrogens with one attached hydrogen (secondary N) is 3. The van der Waals surface area contributed by atoms with E-state index < -0.39 is 31.9 Å². The number of carbonyl (C=O) groups is 3. The molecule has 0 spiro atoms. The van der Waals surface area contributed by atoms with Crippen molar-refractivity contribution in [1.29, 1.82) is 0 Å². The SMILES string of the molecule is COC(=O)Nc1ccc2c(c1)NC(=O)C=CCC[C@H](NC(=O)OC(C)(C)C)c1nc-2cn1COCC[Si](C)(C)C. The molecule has 12 heteroatoms. The quantitative estimate of drug-likeness (QED) is 0.279. The van der Waals surface area contributed by atoms with E-state index in [9.17, 15) is 14.4 Å². The van der Waals surface area contributed by atoms with Gasteiger partial charge in [0.05, 0.1) is 24.5 Å². The maximum absolute atomic E-state index is 12.8. The molecule has 2 bridgehead atoms. The highest BCUT2D eigenvalue weighted by Gasteiger charge is 2.26. The van der Waals surface area contributed by atoms with Crippen LogP contribution in [0.15, 0.2) is 36.5 Å². The molecule has 0 fully saturated rings. The first-order chi connectivity index (χ1) is 18.7. The summed E-state index contributed by atoms with van der Waals surface area (Å²) in [6.45, 7) is 13.2. The van der Waals surface area contributed by atoms with Crippen molar-refractivity contribution < 1.29 is 28.6 Å². The lowest BCUT2D eigenvalue weighted by molar-refractivity contribution is -0.111. The number of imidazole rings is 1. The maximum Gasteiger partial charge on any atom is 0.411 e. The summed E-state index contributed by atoms with van der Waals surface area (Å²) in [4.78, 5) is 42.2. The summed E-state index contributed by atoms with van der Waals surface area (Å²) in [6, 6.07) is 5.61. The average Bonchev–Trinajstić information content (AvgIpc) is 3.25. The van der Waals surface area contributed by atoms with E-state index in [1.807, 2.05) is 10.8 Å². The van der Waals surface area contributed by atoms with Crippen molar-refractivity contribution in [3.8, 4) is 11.3 Å². The number of anilines is 2. The van der Waals surface area contributed by atoms with E-state index in [2.05, 4.69) is 35.6 Å². The first kappa shape index (κ1) is 30.9. The molecule has 3 amide bonds. The van der Waals surface area contributed by atoms with Gasteiger partial charge in [0.15, 0.2) is 0 Å². The van der Waals surface area contributed by atoms with Crippen LogP contribution in [0, 0.1) is 0 Å². The summed E-state index contributed by atoms with van der Waals surface area (Å²) in [5.74, 6) is 0.278. The molecule has 0 saturated carbocycles. The van der Waals surface area contributed by atoms with Gasteiger partial charge in [-0.1, -0.05) is 25.7 Å². The number of hydrogen-bond acceptors (Lipinski definition) is 7. The highest BCUT2D eigenvalue weighted by atomic mass is 28.3. The number of alkyl carbamates (subject to hydrolysis) is 1. The fourth-order valence-electron chi connectivity index (χ4n) is 3.94. The number of carbonyl (C=O) groups excluding carboxylic acids is 3. The molecule has 3 rings (SSSR count). The Balaban J connectivity index is 2.04. The Morgan fingerprint density at radius 3 is 2.62 bits per heavy atom. The smallest absolute Gasteiger partial charge is 0.411 e. The number of amides is 3. The molecule has 40 heavy (non-hydrogen) atoms. The van der Waals surface area contributed by atoms with E-state index in [4.69, 9.17) is 19.2 Å². The Morgan fingerprint density at radius 1 is 1.20 bits per heavy atom. The average molecular weight is 572 g/mol. The number of methoxy groups -OCH3 is 1. The lowest BCUT2D eigenvalue weighted by Gasteiger charge is -2.24. The van der Waals surface area contributed by atoms with Crippen LogP contribution in [0.2, 0.25) is 25.7 Å². The first-order valence-corrected chi connectivity index (χ1v) is 17.1. The molecule has 1 aromatic carbocycles. The van der Waals surface area contributed by atoms with E-state index in [1.165, 1.54) is 13.2 Å². The minimum Gasteiger partial charge on any atom is -0.453 e. The Kier molecular flexibility index (Phi) is 10.1. The van der Waals surface area contributed by atoms with Gasteiger partial charge in [-0.05, 0) is 63.9 Å². The van der Waals surface area contributed by atoms with E-state index >= 15 is 0 Å². The van der Waals surface area contributed by atoms with Gasteiger partial charge in [0.25, 0.3) is 0 Å². The van der Waals surface area contributed by atoms with Crippen LogP contribution in [0.4, 0.5) is 21.0 Å². The standard InChI is InChI=1S/C28H41N5O6Si/c1-28(2,3)39-27(36)32-21-10-8-9-11-24(34)30-22-16-19(29-26(35)37-4)12-13-20(22)23-17-33(25(21)31-23)18-38-14-15-40(5,6)7/h9,11-13,16-17,21H,8,10,14-15,18H2,1-7H3,(H,29,35)(H,30,34)(H,32,36)/t21-/m0/s1. The van der Waals surface area contributed by atoms with Gasteiger partial charge in [-0.25, -0.2) is 14.6 Å². The van der Waals surface area contributed by atoms with Gasteiger partial charge in [-0.2, -0.15) is 0 Å². The Bertz CT molecular complexity index is 1240. The van der Waals surface area contributed by atoms with Crippen LogP contribution in [-0.4, -0.2) is 55.0 Å². The van der Waals surface area contributed by atoms with E-state index in [-0.39, 0.29) is 12.6 Å². The van der Waals surface area contributed by atoms with Crippen molar-refractivity contribution in [1.82, 2.24) is 14.9 Å². The summed E-state index contributed by atoms with van der Waals surface area (Å²) in [7, 11) is -0.00755. The van der Waals surface area contributed by atoms with Crippen LogP contribution in [0.3, 0.4) is 0 Å². The van der Waals surface area contributed by atoms with Crippen LogP contribution in [0.1, 0.15) is 45.5 Å². The summed E-state index contributed by atoms with van der Waals surface area (Å²) < 4.78 is 18.2. The lowest BCUT2D eigenvalue weighted by Crippen LogP contribution is -2.36. The molecule has 0 saturated heterocycles. The van der Waals surface area contributed by atoms with Gasteiger partial charge < -0.3 is 29.4 Å². The zero-order valence-corrected chi connectivity index (χ0v) is 25.4. The van der Waals surface area contributed by atoms with Crippen LogP contribution in [-0.2, 0) is 25.7 Å². The molecule has 218 valence electrons. The van der Waals surface area contributed by atoms with Gasteiger partial charge in [0, 0.05) is 32.1 Å². The Morgan fingerprint density at radius 2 is 1.95 bits per heavy atom. The van der Waals surface area contributed by atoms with Crippen molar-refractivity contribution in [2.45, 2.75) is 77.7 Å². The number of aromatic nitrogens is 2. The number of rotatable bonds is 7. The zero-order chi connectivity index (χ0) is 29.5. The topological polar surface area (TPSA) is 133 Å². The molecule has 2 aromatic rings. The number of hydrogen-bond donors (Lipinski definition) is 3. The fourth-order valence-corrected chi connectivity index (χ4v) is 4.70. The molecule has 1 atom stereocenters. The highest BCUT2D eigenvalue weighted by molar-refractivity contribution is 6.76. The largest absolute Gasteiger partial charge is 0.453 e. The number of benzene rings is 1. The number of nitrogens with zero attached hydrogens (tertiary/aromatic N) is 2. The van der Waals surface area contributed by atoms with Gasteiger partial charge in [0.2, 0.25) is 5.91 Å². The second kappa shape index (κ2) is 13.1. The number of ether oxygens (including phenoxy) is 3. The summed E-state index contributed by atoms with van der Waals surface area (Å²) >= 11 is 0. The second-order valence-electron chi connectivity index (χ2n) is 11.8. The van der Waals surface area contributed by atoms with Crippen molar-refractivity contribution in [2.24, 2.45) is 0 Å². The third-order valence-electron chi connectivity index (χ3n) is 5.91. The van der Waals surface area contributed by atoms with Crippen LogP contribution in [0.5, 0.6) is 0 Å². The molecule has 0 unspecified atom stereocenters. The molecule has 0 radical (unpaired) electrons. The number of allylic oxidation sites excluding steroid dienone is 1. The molecule has 3 N–H and O–H groups in total. The molecule has 0 aliphatic carbocycles. The van der Waals surface area contributed by atoms with Gasteiger partial charge in [0.1, 0.15) is 18.2 Å². The minimum absolute atomic E-state index is 0.249. The molecule has 1 aliphatic rings. The molecular weight excluding hydrogens is 530 g/mol. The predicted octanol–water partition coefficient (Wildman–Crippen LogP) is 5.90.